The molecule has 2 aromatic rings. The van der Waals surface area contributed by atoms with Gasteiger partial charge in [-0.25, -0.2) is 0 Å². The van der Waals surface area contributed by atoms with E-state index in [9.17, 15) is 9.59 Å². The molecule has 0 aromatic heterocycles. The maximum atomic E-state index is 12.9. The number of amides is 2. The second-order valence-corrected chi connectivity index (χ2v) is 8.53. The fourth-order valence-electron chi connectivity index (χ4n) is 4.47. The molecule has 2 aromatic carbocycles. The Morgan fingerprint density at radius 2 is 1.57 bits per heavy atom. The predicted octanol–water partition coefficient (Wildman–Crippen LogP) is 2.78. The highest BCUT2D eigenvalue weighted by Gasteiger charge is 2.43. The lowest BCUT2D eigenvalue weighted by atomic mass is 9.76. The summed E-state index contributed by atoms with van der Waals surface area (Å²) in [6.07, 6.45) is 5.40. The highest BCUT2D eigenvalue weighted by molar-refractivity contribution is 5.95. The van der Waals surface area contributed by atoms with Gasteiger partial charge in [0.1, 0.15) is 0 Å². The van der Waals surface area contributed by atoms with E-state index < -0.39 is 5.54 Å². The highest BCUT2D eigenvalue weighted by atomic mass is 16.2. The zero-order chi connectivity index (χ0) is 20.7. The van der Waals surface area contributed by atoms with Gasteiger partial charge >= 0.3 is 0 Å². The summed E-state index contributed by atoms with van der Waals surface area (Å²) < 4.78 is 0. The quantitative estimate of drug-likeness (QED) is 0.857. The molecule has 30 heavy (non-hydrogen) atoms. The molecule has 2 amide bonds. The molecule has 6 heteroatoms. The van der Waals surface area contributed by atoms with Crippen LogP contribution in [0.1, 0.15) is 35.2 Å². The van der Waals surface area contributed by atoms with Gasteiger partial charge in [-0.3, -0.25) is 14.6 Å². The van der Waals surface area contributed by atoms with Crippen molar-refractivity contribution in [3.8, 4) is 11.1 Å². The number of carbonyl (C=O) groups is 2. The van der Waals surface area contributed by atoms with Crippen molar-refractivity contribution in [1.29, 1.82) is 0 Å². The first kappa shape index (κ1) is 19.0. The van der Waals surface area contributed by atoms with Crippen molar-refractivity contribution in [1.82, 2.24) is 9.80 Å². The number of carbonyl (C=O) groups excluding carboxylic acids is 2. The number of hydrogen-bond acceptors (Lipinski definition) is 4. The summed E-state index contributed by atoms with van der Waals surface area (Å²) in [6.45, 7) is 2.20. The number of piperazine rings is 1. The SMILES string of the molecule is NC1(C(=O)N2CCN(C(=O)c3ccc(-c4ccc5c(c4)N=CC5)cc3)CC2)CCC1. The molecule has 6 nitrogen and oxygen atoms in total. The fraction of sp³-hybridized carbons (Fsp3) is 0.375. The number of nitrogens with zero attached hydrogens (tertiary/aromatic N) is 3. The number of nitrogens with two attached hydrogens (primary N) is 1. The van der Waals surface area contributed by atoms with Crippen LogP contribution < -0.4 is 5.73 Å². The fourth-order valence-corrected chi connectivity index (χ4v) is 4.47. The number of hydrogen-bond donors (Lipinski definition) is 1. The Kier molecular flexibility index (Phi) is 4.66. The van der Waals surface area contributed by atoms with E-state index >= 15 is 0 Å². The molecule has 1 saturated heterocycles. The lowest BCUT2D eigenvalue weighted by Gasteiger charge is -2.43. The van der Waals surface area contributed by atoms with Crippen molar-refractivity contribution in [3.05, 3.63) is 53.6 Å². The van der Waals surface area contributed by atoms with Crippen molar-refractivity contribution < 1.29 is 9.59 Å². The van der Waals surface area contributed by atoms with E-state index in [0.29, 0.717) is 31.7 Å². The molecule has 3 aliphatic rings. The van der Waals surface area contributed by atoms with Crippen LogP contribution >= 0.6 is 0 Å². The molecule has 2 N–H and O–H groups in total. The molecule has 154 valence electrons. The average Bonchev–Trinajstić information content (AvgIpc) is 3.24. The molecule has 1 aliphatic carbocycles. The van der Waals surface area contributed by atoms with Gasteiger partial charge in [0.05, 0.1) is 11.2 Å². The zero-order valence-corrected chi connectivity index (χ0v) is 17.0. The Bertz CT molecular complexity index is 1020. The maximum Gasteiger partial charge on any atom is 0.253 e. The maximum absolute atomic E-state index is 12.9. The Morgan fingerprint density at radius 3 is 2.23 bits per heavy atom. The van der Waals surface area contributed by atoms with Crippen LogP contribution in [0.4, 0.5) is 5.69 Å². The van der Waals surface area contributed by atoms with Gasteiger partial charge in [0.15, 0.2) is 0 Å². The highest BCUT2D eigenvalue weighted by Crippen LogP contribution is 2.32. The van der Waals surface area contributed by atoms with E-state index in [-0.39, 0.29) is 11.8 Å². The smallest absolute Gasteiger partial charge is 0.253 e. The van der Waals surface area contributed by atoms with Crippen LogP contribution in [0.25, 0.3) is 11.1 Å². The van der Waals surface area contributed by atoms with Crippen LogP contribution in [0.3, 0.4) is 0 Å². The Hall–Kier alpha value is -2.99. The molecule has 0 spiro atoms. The molecule has 0 bridgehead atoms. The van der Waals surface area contributed by atoms with Crippen LogP contribution in [-0.4, -0.2) is 59.5 Å². The first-order chi connectivity index (χ1) is 14.5. The van der Waals surface area contributed by atoms with E-state index in [1.54, 1.807) is 0 Å². The molecule has 0 unspecified atom stereocenters. The largest absolute Gasteiger partial charge is 0.338 e. The van der Waals surface area contributed by atoms with E-state index in [1.807, 2.05) is 40.3 Å². The normalized spacial score (nSPS) is 19.4. The third-order valence-electron chi connectivity index (χ3n) is 6.62. The monoisotopic (exact) mass is 402 g/mol. The Balaban J connectivity index is 1.23. The van der Waals surface area contributed by atoms with E-state index in [4.69, 9.17) is 5.73 Å². The number of fused-ring (bicyclic) bond motifs is 1. The first-order valence-electron chi connectivity index (χ1n) is 10.7. The molecule has 0 radical (unpaired) electrons. The Labute approximate surface area is 176 Å². The van der Waals surface area contributed by atoms with Gasteiger partial charge in [0, 0.05) is 44.4 Å². The Morgan fingerprint density at radius 1 is 0.900 bits per heavy atom. The van der Waals surface area contributed by atoms with Gasteiger partial charge in [-0.1, -0.05) is 24.3 Å². The summed E-state index contributed by atoms with van der Waals surface area (Å²) in [6, 6.07) is 14.1. The molecule has 2 heterocycles. The topological polar surface area (TPSA) is 79.0 Å². The van der Waals surface area contributed by atoms with Crippen LogP contribution in [0, 0.1) is 0 Å². The molecule has 1 saturated carbocycles. The number of aliphatic imine (C=N–C) groups is 1. The minimum absolute atomic E-state index is 0.0123. The van der Waals surface area contributed by atoms with Gasteiger partial charge < -0.3 is 15.5 Å². The molecular formula is C24H26N4O2. The summed E-state index contributed by atoms with van der Waals surface area (Å²) in [5, 5.41) is 0. The second-order valence-electron chi connectivity index (χ2n) is 8.53. The summed E-state index contributed by atoms with van der Waals surface area (Å²) >= 11 is 0. The summed E-state index contributed by atoms with van der Waals surface area (Å²) in [5.74, 6) is 0.0576. The van der Waals surface area contributed by atoms with Crippen molar-refractivity contribution in [2.75, 3.05) is 26.2 Å². The third kappa shape index (κ3) is 3.31. The molecular weight excluding hydrogens is 376 g/mol. The molecule has 5 rings (SSSR count). The summed E-state index contributed by atoms with van der Waals surface area (Å²) in [7, 11) is 0. The van der Waals surface area contributed by atoms with Gasteiger partial charge in [-0.2, -0.15) is 0 Å². The van der Waals surface area contributed by atoms with Crippen LogP contribution in [-0.2, 0) is 11.2 Å². The lowest BCUT2D eigenvalue weighted by Crippen LogP contribution is -2.62. The van der Waals surface area contributed by atoms with Crippen LogP contribution in [0.2, 0.25) is 0 Å². The standard InChI is InChI=1S/C24H26N4O2/c25-24(9-1-10-24)23(30)28-14-12-27(13-15-28)22(29)19-5-2-17(3-6-19)20-7-4-18-8-11-26-21(18)16-20/h2-7,11,16H,1,8-10,12-15,25H2. The van der Waals surface area contributed by atoms with Gasteiger partial charge in [-0.05, 0) is 54.2 Å². The van der Waals surface area contributed by atoms with E-state index in [1.165, 1.54) is 5.56 Å². The second kappa shape index (κ2) is 7.36. The minimum Gasteiger partial charge on any atom is -0.338 e. The van der Waals surface area contributed by atoms with Gasteiger partial charge in [0.2, 0.25) is 5.91 Å². The predicted molar refractivity (Wildman–Crippen MR) is 117 cm³/mol. The van der Waals surface area contributed by atoms with E-state index in [0.717, 1.165) is 42.5 Å². The first-order valence-corrected chi connectivity index (χ1v) is 10.7. The molecule has 0 atom stereocenters. The minimum atomic E-state index is -0.662. The van der Waals surface area contributed by atoms with Crippen molar-refractivity contribution in [2.24, 2.45) is 10.7 Å². The van der Waals surface area contributed by atoms with Crippen LogP contribution in [0.15, 0.2) is 47.5 Å². The summed E-state index contributed by atoms with van der Waals surface area (Å²) in [4.78, 5) is 33.6. The lowest BCUT2D eigenvalue weighted by molar-refractivity contribution is -0.141. The number of rotatable bonds is 3. The summed E-state index contributed by atoms with van der Waals surface area (Å²) in [5.41, 5.74) is 10.6. The zero-order valence-electron chi connectivity index (χ0n) is 17.0. The number of benzene rings is 2. The average molecular weight is 402 g/mol. The van der Waals surface area contributed by atoms with Crippen molar-refractivity contribution in [3.63, 3.8) is 0 Å². The van der Waals surface area contributed by atoms with Crippen molar-refractivity contribution >= 4 is 23.7 Å². The third-order valence-corrected chi connectivity index (χ3v) is 6.62. The van der Waals surface area contributed by atoms with Gasteiger partial charge in [-0.15, -0.1) is 0 Å². The van der Waals surface area contributed by atoms with Gasteiger partial charge in [0.25, 0.3) is 5.91 Å². The van der Waals surface area contributed by atoms with E-state index in [2.05, 4.69) is 23.2 Å². The molecule has 2 aliphatic heterocycles. The van der Waals surface area contributed by atoms with Crippen molar-refractivity contribution in [2.45, 2.75) is 31.2 Å². The molecule has 2 fully saturated rings. The van der Waals surface area contributed by atoms with Crippen LogP contribution in [0.5, 0.6) is 0 Å².